The van der Waals surface area contributed by atoms with Crippen molar-refractivity contribution >= 4 is 18.2 Å². The fourth-order valence-electron chi connectivity index (χ4n) is 2.57. The number of rotatable bonds is 6. The number of aryl methyl sites for hydroxylation is 1. The summed E-state index contributed by atoms with van der Waals surface area (Å²) in [6.45, 7) is 6.17. The molecule has 0 spiro atoms. The molecule has 1 aromatic carbocycles. The van der Waals surface area contributed by atoms with Gasteiger partial charge in [0.25, 0.3) is 0 Å². The maximum Gasteiger partial charge on any atom is 0.135 e. The number of nitrogens with zero attached hydrogens (tertiary/aromatic N) is 3. The molecule has 0 unspecified atom stereocenters. The summed E-state index contributed by atoms with van der Waals surface area (Å²) in [5, 5.41) is 7.20. The number of nitrogens with one attached hydrogen (secondary N) is 2. The van der Waals surface area contributed by atoms with Gasteiger partial charge in [0.2, 0.25) is 0 Å². The Morgan fingerprint density at radius 3 is 2.67 bits per heavy atom. The molecule has 0 saturated heterocycles. The number of pyridine rings is 2. The van der Waals surface area contributed by atoms with Crippen LogP contribution in [0.15, 0.2) is 66.0 Å². The lowest BCUT2D eigenvalue weighted by Crippen LogP contribution is -2.06. The third-order valence-corrected chi connectivity index (χ3v) is 3.74. The van der Waals surface area contributed by atoms with Crippen LogP contribution in [0, 0.1) is 6.92 Å². The van der Waals surface area contributed by atoms with Crippen LogP contribution in [0.4, 0.5) is 11.5 Å². The van der Waals surface area contributed by atoms with E-state index in [1.165, 1.54) is 0 Å². The van der Waals surface area contributed by atoms with E-state index in [0.29, 0.717) is 6.54 Å². The van der Waals surface area contributed by atoms with E-state index in [1.54, 1.807) is 12.4 Å². The summed E-state index contributed by atoms with van der Waals surface area (Å²) < 4.78 is 0. The van der Waals surface area contributed by atoms with Crippen LogP contribution in [0.1, 0.15) is 11.1 Å². The molecular weight excluding hydrogens is 298 g/mol. The Labute approximate surface area is 141 Å². The van der Waals surface area contributed by atoms with E-state index < -0.39 is 0 Å². The lowest BCUT2D eigenvalue weighted by molar-refractivity contribution is 1.10. The number of hydrazone groups is 1. The molecule has 24 heavy (non-hydrogen) atoms. The van der Waals surface area contributed by atoms with Gasteiger partial charge >= 0.3 is 0 Å². The number of hydrogen-bond acceptors (Lipinski definition) is 5. The normalized spacial score (nSPS) is 10.2. The highest BCUT2D eigenvalue weighted by molar-refractivity contribution is 5.72. The molecule has 0 atom stereocenters. The van der Waals surface area contributed by atoms with Crippen molar-refractivity contribution in [3.63, 3.8) is 0 Å². The highest BCUT2D eigenvalue weighted by atomic mass is 15.3. The van der Waals surface area contributed by atoms with E-state index in [4.69, 9.17) is 0 Å². The highest BCUT2D eigenvalue weighted by Gasteiger charge is 2.09. The monoisotopic (exact) mass is 317 g/mol. The van der Waals surface area contributed by atoms with Gasteiger partial charge in [0.15, 0.2) is 0 Å². The van der Waals surface area contributed by atoms with Crippen molar-refractivity contribution in [2.45, 2.75) is 13.5 Å². The quantitative estimate of drug-likeness (QED) is 0.531. The molecule has 5 nitrogen and oxygen atoms in total. The molecule has 2 aromatic heterocycles. The summed E-state index contributed by atoms with van der Waals surface area (Å²) >= 11 is 0. The summed E-state index contributed by atoms with van der Waals surface area (Å²) in [4.78, 5) is 8.87. The summed E-state index contributed by atoms with van der Waals surface area (Å²) in [5.74, 6) is 0.801. The van der Waals surface area contributed by atoms with Crippen molar-refractivity contribution in [2.24, 2.45) is 5.10 Å². The zero-order chi connectivity index (χ0) is 16.8. The Morgan fingerprint density at radius 2 is 1.88 bits per heavy atom. The molecule has 0 aliphatic rings. The molecule has 0 aliphatic heterocycles. The lowest BCUT2D eigenvalue weighted by Gasteiger charge is -2.14. The van der Waals surface area contributed by atoms with Gasteiger partial charge in [-0.2, -0.15) is 5.10 Å². The van der Waals surface area contributed by atoms with E-state index in [0.717, 1.165) is 33.9 Å². The van der Waals surface area contributed by atoms with Crippen LogP contribution < -0.4 is 10.7 Å². The largest absolute Gasteiger partial charge is 0.365 e. The standard InChI is InChI=1S/C19H19N5/c1-14-7-5-8-15(18(14)24-20-2)13-23-19-16(9-6-12-22-19)17-10-3-4-11-21-17/h3-12,24H,2,13H2,1H3,(H,22,23). The Kier molecular flexibility index (Phi) is 4.81. The van der Waals surface area contributed by atoms with Gasteiger partial charge in [-0.3, -0.25) is 10.4 Å². The van der Waals surface area contributed by atoms with Crippen LogP contribution in [-0.2, 0) is 6.54 Å². The zero-order valence-electron chi connectivity index (χ0n) is 13.5. The average Bonchev–Trinajstić information content (AvgIpc) is 2.63. The molecule has 3 rings (SSSR count). The van der Waals surface area contributed by atoms with Crippen molar-refractivity contribution < 1.29 is 0 Å². The van der Waals surface area contributed by atoms with Crippen molar-refractivity contribution in [3.05, 3.63) is 72.1 Å². The van der Waals surface area contributed by atoms with Crippen molar-refractivity contribution in [1.29, 1.82) is 0 Å². The third kappa shape index (κ3) is 3.41. The first-order valence-electron chi connectivity index (χ1n) is 7.70. The van der Waals surface area contributed by atoms with Gasteiger partial charge in [0.05, 0.1) is 11.4 Å². The molecule has 2 N–H and O–H groups in total. The summed E-state index contributed by atoms with van der Waals surface area (Å²) in [5.41, 5.74) is 8.02. The number of benzene rings is 1. The molecular formula is C19H19N5. The summed E-state index contributed by atoms with van der Waals surface area (Å²) in [6, 6.07) is 15.9. The molecule has 0 fully saturated rings. The second-order valence-electron chi connectivity index (χ2n) is 5.35. The average molecular weight is 317 g/mol. The predicted molar refractivity (Wildman–Crippen MR) is 99.1 cm³/mol. The molecule has 0 saturated carbocycles. The van der Waals surface area contributed by atoms with Gasteiger partial charge in [0.1, 0.15) is 5.82 Å². The molecule has 120 valence electrons. The third-order valence-electron chi connectivity index (χ3n) is 3.74. The first-order chi connectivity index (χ1) is 11.8. The minimum Gasteiger partial charge on any atom is -0.365 e. The van der Waals surface area contributed by atoms with Gasteiger partial charge in [-0.15, -0.1) is 0 Å². The van der Waals surface area contributed by atoms with Crippen LogP contribution in [0.25, 0.3) is 11.3 Å². The highest BCUT2D eigenvalue weighted by Crippen LogP contribution is 2.26. The molecule has 2 heterocycles. The van der Waals surface area contributed by atoms with E-state index in [2.05, 4.69) is 38.6 Å². The van der Waals surface area contributed by atoms with Crippen LogP contribution in [-0.4, -0.2) is 16.7 Å². The maximum atomic E-state index is 4.46. The number of para-hydroxylation sites is 1. The van der Waals surface area contributed by atoms with Crippen molar-refractivity contribution in [2.75, 3.05) is 10.7 Å². The lowest BCUT2D eigenvalue weighted by atomic mass is 10.1. The van der Waals surface area contributed by atoms with Gasteiger partial charge in [-0.1, -0.05) is 24.3 Å². The predicted octanol–water partition coefficient (Wildman–Crippen LogP) is 4.09. The molecule has 5 heteroatoms. The zero-order valence-corrected chi connectivity index (χ0v) is 13.5. The van der Waals surface area contributed by atoms with Crippen LogP contribution >= 0.6 is 0 Å². The SMILES string of the molecule is C=NNc1c(C)cccc1CNc1ncccc1-c1ccccn1. The van der Waals surface area contributed by atoms with Crippen LogP contribution in [0.5, 0.6) is 0 Å². The Hall–Kier alpha value is -3.21. The van der Waals surface area contributed by atoms with Gasteiger partial charge < -0.3 is 5.32 Å². The summed E-state index contributed by atoms with van der Waals surface area (Å²) in [6.07, 6.45) is 3.56. The van der Waals surface area contributed by atoms with Gasteiger partial charge in [-0.05, 0) is 42.3 Å². The van der Waals surface area contributed by atoms with E-state index in [1.807, 2.05) is 49.4 Å². The second kappa shape index (κ2) is 7.37. The van der Waals surface area contributed by atoms with Crippen molar-refractivity contribution in [3.8, 4) is 11.3 Å². The fraction of sp³-hybridized carbons (Fsp3) is 0.105. The molecule has 0 radical (unpaired) electrons. The number of anilines is 2. The van der Waals surface area contributed by atoms with E-state index >= 15 is 0 Å². The fourth-order valence-corrected chi connectivity index (χ4v) is 2.57. The smallest absolute Gasteiger partial charge is 0.135 e. The Morgan fingerprint density at radius 1 is 1.00 bits per heavy atom. The van der Waals surface area contributed by atoms with Crippen LogP contribution in [0.2, 0.25) is 0 Å². The Bertz CT molecular complexity index is 830. The molecule has 0 bridgehead atoms. The van der Waals surface area contributed by atoms with Crippen molar-refractivity contribution in [1.82, 2.24) is 9.97 Å². The first kappa shape index (κ1) is 15.7. The topological polar surface area (TPSA) is 62.2 Å². The van der Waals surface area contributed by atoms with E-state index in [9.17, 15) is 0 Å². The molecule has 3 aromatic rings. The maximum absolute atomic E-state index is 4.46. The first-order valence-corrected chi connectivity index (χ1v) is 7.70. The second-order valence-corrected chi connectivity index (χ2v) is 5.35. The number of hydrogen-bond donors (Lipinski definition) is 2. The molecule has 0 aliphatic carbocycles. The number of aromatic nitrogens is 2. The minimum absolute atomic E-state index is 0.621. The van der Waals surface area contributed by atoms with Crippen LogP contribution in [0.3, 0.4) is 0 Å². The van der Waals surface area contributed by atoms with Gasteiger partial charge in [0, 0.05) is 31.2 Å². The summed E-state index contributed by atoms with van der Waals surface area (Å²) in [7, 11) is 0. The van der Waals surface area contributed by atoms with E-state index in [-0.39, 0.29) is 0 Å². The molecule has 0 amide bonds. The minimum atomic E-state index is 0.621. The van der Waals surface area contributed by atoms with Gasteiger partial charge in [-0.25, -0.2) is 4.98 Å². The Balaban J connectivity index is 1.86.